The lowest BCUT2D eigenvalue weighted by Gasteiger charge is -2.46. The zero-order valence-electron chi connectivity index (χ0n) is 41.4. The normalized spacial score (nSPS) is 23.4. The monoisotopic (exact) mass is 997 g/mol. The lowest BCUT2D eigenvalue weighted by molar-refractivity contribution is -0.137. The number of nitrogens with one attached hydrogen (secondary N) is 3. The number of likely N-dealkylation sites (tertiary alicyclic amines) is 3. The predicted octanol–water partition coefficient (Wildman–Crippen LogP) is 4.06. The predicted molar refractivity (Wildman–Crippen MR) is 258 cm³/mol. The maximum atomic E-state index is 14.1. The molecule has 7 rings (SSSR count). The summed E-state index contributed by atoms with van der Waals surface area (Å²) in [7, 11) is 3.86. The Bertz CT molecular complexity index is 2220. The summed E-state index contributed by atoms with van der Waals surface area (Å²) in [4.78, 5) is 72.9. The zero-order valence-corrected chi connectivity index (χ0v) is 41.4. The van der Waals surface area contributed by atoms with Crippen molar-refractivity contribution in [2.24, 2.45) is 5.92 Å². The number of hydrogen-bond donors (Lipinski definition) is 3. The van der Waals surface area contributed by atoms with Crippen LogP contribution in [0.2, 0.25) is 0 Å². The van der Waals surface area contributed by atoms with Crippen LogP contribution in [0.15, 0.2) is 49.1 Å². The second-order valence-electron chi connectivity index (χ2n) is 19.2. The number of anilines is 1. The molecular formula is C50H71F3N10O8. The van der Waals surface area contributed by atoms with E-state index in [9.17, 15) is 32.3 Å². The van der Waals surface area contributed by atoms with Crippen molar-refractivity contribution in [1.29, 1.82) is 0 Å². The minimum atomic E-state index is -4.53. The number of fused-ring (bicyclic) bond motifs is 1. The molecule has 4 amide bonds. The van der Waals surface area contributed by atoms with E-state index in [1.54, 1.807) is 30.4 Å². The first-order valence-corrected chi connectivity index (χ1v) is 25.1. The van der Waals surface area contributed by atoms with Gasteiger partial charge in [-0.3, -0.25) is 24.2 Å². The summed E-state index contributed by atoms with van der Waals surface area (Å²) in [5, 5.41) is 10.2. The van der Waals surface area contributed by atoms with Gasteiger partial charge in [0.05, 0.1) is 82.3 Å². The number of alkyl halides is 3. The summed E-state index contributed by atoms with van der Waals surface area (Å²) in [5.41, 5.74) is 0.390. The Balaban J connectivity index is 0.748. The second kappa shape index (κ2) is 25.5. The van der Waals surface area contributed by atoms with Crippen LogP contribution in [0.4, 0.5) is 19.0 Å². The quantitative estimate of drug-likeness (QED) is 0.109. The van der Waals surface area contributed by atoms with Crippen LogP contribution in [0.1, 0.15) is 82.4 Å². The number of ether oxygens (including phenoxy) is 4. The highest BCUT2D eigenvalue weighted by Gasteiger charge is 2.45. The van der Waals surface area contributed by atoms with E-state index >= 15 is 0 Å². The van der Waals surface area contributed by atoms with E-state index in [0.29, 0.717) is 103 Å². The first-order chi connectivity index (χ1) is 34.2. The molecule has 71 heavy (non-hydrogen) atoms. The van der Waals surface area contributed by atoms with E-state index in [1.165, 1.54) is 12.4 Å². The number of nitrogens with zero attached hydrogens (tertiary/aromatic N) is 7. The fraction of sp³-hybridized carbons (Fsp3) is 0.660. The summed E-state index contributed by atoms with van der Waals surface area (Å²) in [6.45, 7) is 9.31. The second-order valence-corrected chi connectivity index (χ2v) is 19.2. The van der Waals surface area contributed by atoms with Gasteiger partial charge in [0.25, 0.3) is 0 Å². The standard InChI is InChI=1S/C50H71F3N10O8/c1-33(2)60(3)37-8-10-43(63-19-13-41(49(63)67)59-47-38-28-35(50(51,52)53)7-9-40(38)56-32-57-47)42(29-37)58-36-11-17-62(18-12-36)44(64)14-20-68-22-24-70-26-27-71-25-23-69-21-16-55-48(66)39-30-45(65)61(4)46(39)34-6-5-15-54-31-34/h5-7,9,15,28,31-33,36-37,39,41-43,46,58H,8,10-14,16-27,29-30H2,1-4H3,(H,55,66)(H,56,57,59)/t37-,39+,41+,42-,43+,46-/m1/s1. The van der Waals surface area contributed by atoms with Gasteiger partial charge < -0.3 is 54.5 Å². The third-order valence-electron chi connectivity index (χ3n) is 14.5. The zero-order chi connectivity index (χ0) is 50.5. The molecule has 390 valence electrons. The van der Waals surface area contributed by atoms with Crippen LogP contribution < -0.4 is 16.0 Å². The fourth-order valence-corrected chi connectivity index (χ4v) is 10.3. The minimum Gasteiger partial charge on any atom is -0.379 e. The van der Waals surface area contributed by atoms with E-state index < -0.39 is 23.7 Å². The maximum Gasteiger partial charge on any atom is 0.416 e. The summed E-state index contributed by atoms with van der Waals surface area (Å²) < 4.78 is 63.2. The van der Waals surface area contributed by atoms with Gasteiger partial charge in [0.1, 0.15) is 18.2 Å². The van der Waals surface area contributed by atoms with E-state index in [2.05, 4.69) is 56.7 Å². The summed E-state index contributed by atoms with van der Waals surface area (Å²) in [6, 6.07) is 6.89. The first kappa shape index (κ1) is 53.7. The van der Waals surface area contributed by atoms with Crippen molar-refractivity contribution in [2.75, 3.05) is 98.4 Å². The summed E-state index contributed by atoms with van der Waals surface area (Å²) >= 11 is 0. The molecule has 3 aliphatic heterocycles. The molecule has 6 atom stereocenters. The number of carbonyl (C=O) groups is 4. The van der Waals surface area contributed by atoms with Crippen molar-refractivity contribution in [3.05, 3.63) is 60.2 Å². The average Bonchev–Trinajstić information content (AvgIpc) is 3.88. The van der Waals surface area contributed by atoms with Crippen molar-refractivity contribution < 1.29 is 51.3 Å². The number of amides is 4. The Morgan fingerprint density at radius 3 is 2.27 bits per heavy atom. The van der Waals surface area contributed by atoms with Gasteiger partial charge in [-0.1, -0.05) is 6.07 Å². The van der Waals surface area contributed by atoms with E-state index in [1.807, 2.05) is 15.9 Å². The maximum absolute atomic E-state index is 14.1. The molecule has 1 aliphatic carbocycles. The van der Waals surface area contributed by atoms with Crippen LogP contribution >= 0.6 is 0 Å². The number of hydrogen-bond acceptors (Lipinski definition) is 14. The van der Waals surface area contributed by atoms with Crippen molar-refractivity contribution in [3.8, 4) is 0 Å². The molecule has 18 nitrogen and oxygen atoms in total. The number of pyridine rings is 1. The molecule has 1 saturated carbocycles. The number of carbonyl (C=O) groups excluding carboxylic acids is 4. The van der Waals surface area contributed by atoms with Crippen LogP contribution in [0.5, 0.6) is 0 Å². The van der Waals surface area contributed by atoms with Crippen LogP contribution in [-0.4, -0.2) is 188 Å². The molecule has 2 aromatic heterocycles. The highest BCUT2D eigenvalue weighted by Crippen LogP contribution is 2.37. The molecule has 21 heteroatoms. The van der Waals surface area contributed by atoms with Crippen molar-refractivity contribution in [1.82, 2.24) is 45.2 Å². The molecular weight excluding hydrogens is 926 g/mol. The van der Waals surface area contributed by atoms with Gasteiger partial charge in [-0.25, -0.2) is 9.97 Å². The van der Waals surface area contributed by atoms with Crippen LogP contribution in [-0.2, 0) is 44.3 Å². The van der Waals surface area contributed by atoms with Gasteiger partial charge in [0, 0.05) is 87.6 Å². The average molecular weight is 997 g/mol. The number of aromatic nitrogens is 3. The summed E-state index contributed by atoms with van der Waals surface area (Å²) in [6.07, 6.45) is 5.25. The number of halogens is 3. The Hall–Kier alpha value is -5.06. The Morgan fingerprint density at radius 2 is 1.59 bits per heavy atom. The third kappa shape index (κ3) is 14.3. The van der Waals surface area contributed by atoms with Crippen molar-refractivity contribution in [2.45, 2.75) is 114 Å². The van der Waals surface area contributed by atoms with Gasteiger partial charge in [-0.2, -0.15) is 13.2 Å². The molecule has 0 unspecified atom stereocenters. The van der Waals surface area contributed by atoms with E-state index in [4.69, 9.17) is 18.9 Å². The van der Waals surface area contributed by atoms with E-state index in [0.717, 1.165) is 49.8 Å². The summed E-state index contributed by atoms with van der Waals surface area (Å²) in [5.74, 6) is -0.577. The van der Waals surface area contributed by atoms with Crippen LogP contribution in [0.3, 0.4) is 0 Å². The molecule has 3 N–H and O–H groups in total. The van der Waals surface area contributed by atoms with Crippen molar-refractivity contribution >= 4 is 40.3 Å². The molecule has 0 bridgehead atoms. The van der Waals surface area contributed by atoms with Crippen LogP contribution in [0, 0.1) is 5.92 Å². The molecule has 0 spiro atoms. The molecule has 5 heterocycles. The largest absolute Gasteiger partial charge is 0.416 e. The number of rotatable bonds is 24. The fourth-order valence-electron chi connectivity index (χ4n) is 10.3. The SMILES string of the molecule is CC(C)N(C)[C@@H]1CC[C@H](N2CC[C@H](Nc3ncnc4ccc(C(F)(F)F)cc34)C2=O)[C@H](NC2CCN(C(=O)CCOCCOCCOCCOCCNC(=O)[C@H]3CC(=O)N(C)[C@@H]3c3cccnc3)CC2)C1. The number of benzene rings is 1. The van der Waals surface area contributed by atoms with Crippen molar-refractivity contribution in [3.63, 3.8) is 0 Å². The lowest BCUT2D eigenvalue weighted by Crippen LogP contribution is -2.60. The van der Waals surface area contributed by atoms with Crippen LogP contribution in [0.25, 0.3) is 10.9 Å². The Morgan fingerprint density at radius 1 is 0.887 bits per heavy atom. The topological polar surface area (TPSA) is 193 Å². The molecule has 3 aromatic rings. The number of piperidine rings is 1. The lowest BCUT2D eigenvalue weighted by atomic mass is 9.83. The molecule has 4 fully saturated rings. The first-order valence-electron chi connectivity index (χ1n) is 25.1. The molecule has 0 radical (unpaired) electrons. The molecule has 4 aliphatic rings. The Labute approximate surface area is 414 Å². The van der Waals surface area contributed by atoms with Gasteiger partial charge in [-0.05, 0) is 89.2 Å². The minimum absolute atomic E-state index is 0.0286. The van der Waals surface area contributed by atoms with Gasteiger partial charge in [0.2, 0.25) is 23.6 Å². The smallest absolute Gasteiger partial charge is 0.379 e. The van der Waals surface area contributed by atoms with Gasteiger partial charge in [-0.15, -0.1) is 0 Å². The Kier molecular flexibility index (Phi) is 19.3. The van der Waals surface area contributed by atoms with Gasteiger partial charge in [0.15, 0.2) is 0 Å². The highest BCUT2D eigenvalue weighted by molar-refractivity contribution is 5.93. The molecule has 3 saturated heterocycles. The van der Waals surface area contributed by atoms with E-state index in [-0.39, 0.29) is 71.8 Å². The highest BCUT2D eigenvalue weighted by atomic mass is 19.4. The molecule has 1 aromatic carbocycles. The van der Waals surface area contributed by atoms with Gasteiger partial charge >= 0.3 is 6.18 Å². The third-order valence-corrected chi connectivity index (χ3v) is 14.5.